The minimum absolute atomic E-state index is 0.0367. The molecule has 2 fully saturated rings. The number of benzene rings is 1. The van der Waals surface area contributed by atoms with Crippen molar-refractivity contribution in [3.63, 3.8) is 0 Å². The monoisotopic (exact) mass is 389 g/mol. The molecular weight excluding hydrogens is 358 g/mol. The number of amides is 1. The van der Waals surface area contributed by atoms with E-state index in [-0.39, 0.29) is 11.9 Å². The molecule has 1 amide bonds. The van der Waals surface area contributed by atoms with Gasteiger partial charge in [-0.25, -0.2) is 0 Å². The number of hydrogen-bond acceptors (Lipinski definition) is 4. The molecule has 2 saturated carbocycles. The van der Waals surface area contributed by atoms with Crippen LogP contribution in [0.1, 0.15) is 56.4 Å². The maximum absolute atomic E-state index is 13.2. The van der Waals surface area contributed by atoms with Crippen molar-refractivity contribution in [3.8, 4) is 5.75 Å². The lowest BCUT2D eigenvalue weighted by Crippen LogP contribution is -2.43. The van der Waals surface area contributed by atoms with Crippen molar-refractivity contribution in [2.75, 3.05) is 20.8 Å². The van der Waals surface area contributed by atoms with Gasteiger partial charge in [0.25, 0.3) is 0 Å². The van der Waals surface area contributed by atoms with Crippen molar-refractivity contribution in [3.05, 3.63) is 29.8 Å². The number of methoxy groups -OCH3 is 2. The largest absolute Gasteiger partial charge is 0.497 e. The molecule has 1 unspecified atom stereocenters. The van der Waals surface area contributed by atoms with E-state index in [2.05, 4.69) is 5.32 Å². The molecule has 0 spiro atoms. The maximum atomic E-state index is 13.2. The summed E-state index contributed by atoms with van der Waals surface area (Å²) in [6.07, 6.45) is 5.29. The molecule has 2 N–H and O–H groups in total. The molecule has 2 aliphatic rings. The van der Waals surface area contributed by atoms with Crippen LogP contribution in [0.4, 0.5) is 0 Å². The Morgan fingerprint density at radius 3 is 2.46 bits per heavy atom. The number of carboxylic acid groups (broad SMARTS) is 1. The van der Waals surface area contributed by atoms with E-state index in [9.17, 15) is 14.7 Å². The van der Waals surface area contributed by atoms with Crippen LogP contribution >= 0.6 is 0 Å². The van der Waals surface area contributed by atoms with Crippen molar-refractivity contribution in [1.82, 2.24) is 5.32 Å². The van der Waals surface area contributed by atoms with Gasteiger partial charge in [0.15, 0.2) is 0 Å². The maximum Gasteiger partial charge on any atom is 0.306 e. The van der Waals surface area contributed by atoms with Crippen LogP contribution in [0.25, 0.3) is 0 Å². The summed E-state index contributed by atoms with van der Waals surface area (Å²) < 4.78 is 10.3. The molecule has 2 aliphatic carbocycles. The Morgan fingerprint density at radius 2 is 1.89 bits per heavy atom. The first-order valence-electron chi connectivity index (χ1n) is 10.2. The van der Waals surface area contributed by atoms with Gasteiger partial charge in [0.05, 0.1) is 18.4 Å². The third-order valence-electron chi connectivity index (χ3n) is 6.35. The number of rotatable bonds is 10. The fourth-order valence-corrected chi connectivity index (χ4v) is 4.52. The summed E-state index contributed by atoms with van der Waals surface area (Å²) in [5, 5.41) is 12.8. The van der Waals surface area contributed by atoms with Crippen LogP contribution in [0.5, 0.6) is 5.75 Å². The van der Waals surface area contributed by atoms with Gasteiger partial charge in [0, 0.05) is 25.7 Å². The third kappa shape index (κ3) is 4.66. The molecule has 3 atom stereocenters. The first-order valence-corrected chi connectivity index (χ1v) is 10.2. The molecule has 3 rings (SSSR count). The molecule has 6 heteroatoms. The quantitative estimate of drug-likeness (QED) is 0.641. The summed E-state index contributed by atoms with van der Waals surface area (Å²) in [4.78, 5) is 24.9. The van der Waals surface area contributed by atoms with Crippen LogP contribution in [-0.4, -0.2) is 43.9 Å². The molecular formula is C22H31NO5. The standard InChI is InChI=1S/C22H31NO5/c1-27-12-9-16(20(24)25)14-22(10-3-4-11-22)21(26)23-19-13-18(19)15-5-7-17(28-2)8-6-15/h5-8,16,18-19H,3-4,9-14H2,1-2H3,(H,23,26)(H,24,25)/t16?,18-,19+/m0/s1. The van der Waals surface area contributed by atoms with E-state index in [1.54, 1.807) is 14.2 Å². The van der Waals surface area contributed by atoms with E-state index in [1.807, 2.05) is 24.3 Å². The highest BCUT2D eigenvalue weighted by atomic mass is 16.5. The van der Waals surface area contributed by atoms with Crippen LogP contribution in [0.3, 0.4) is 0 Å². The van der Waals surface area contributed by atoms with E-state index >= 15 is 0 Å². The zero-order valence-electron chi connectivity index (χ0n) is 16.8. The normalized spacial score (nSPS) is 23.8. The van der Waals surface area contributed by atoms with Crippen LogP contribution in [0, 0.1) is 11.3 Å². The zero-order chi connectivity index (χ0) is 20.1. The Hall–Kier alpha value is -2.08. The molecule has 1 aromatic rings. The molecule has 6 nitrogen and oxygen atoms in total. The smallest absolute Gasteiger partial charge is 0.306 e. The summed E-state index contributed by atoms with van der Waals surface area (Å²) in [5.74, 6) is -0.184. The van der Waals surface area contributed by atoms with Gasteiger partial charge in [-0.1, -0.05) is 25.0 Å². The van der Waals surface area contributed by atoms with Crippen molar-refractivity contribution in [2.24, 2.45) is 11.3 Å². The number of carbonyl (C=O) groups is 2. The first-order chi connectivity index (χ1) is 13.5. The minimum atomic E-state index is -0.835. The number of carbonyl (C=O) groups excluding carboxylic acids is 1. The number of nitrogens with one attached hydrogen (secondary N) is 1. The molecule has 0 aliphatic heterocycles. The topological polar surface area (TPSA) is 84.9 Å². The summed E-state index contributed by atoms with van der Waals surface area (Å²) in [6.45, 7) is 0.400. The van der Waals surface area contributed by atoms with Crippen LogP contribution < -0.4 is 10.1 Å². The Labute approximate surface area is 166 Å². The van der Waals surface area contributed by atoms with E-state index in [0.29, 0.717) is 25.4 Å². The molecule has 154 valence electrons. The number of aliphatic carboxylic acids is 1. The van der Waals surface area contributed by atoms with Gasteiger partial charge in [-0.2, -0.15) is 0 Å². The Kier molecular flexibility index (Phi) is 6.60. The number of ether oxygens (including phenoxy) is 2. The van der Waals surface area contributed by atoms with Gasteiger partial charge in [-0.3, -0.25) is 9.59 Å². The molecule has 0 aromatic heterocycles. The number of hydrogen-bond donors (Lipinski definition) is 2. The fraction of sp³-hybridized carbons (Fsp3) is 0.636. The van der Waals surface area contributed by atoms with Gasteiger partial charge in [0.2, 0.25) is 5.91 Å². The van der Waals surface area contributed by atoms with E-state index in [0.717, 1.165) is 37.9 Å². The molecule has 0 radical (unpaired) electrons. The van der Waals surface area contributed by atoms with Crippen LogP contribution in [-0.2, 0) is 14.3 Å². The highest BCUT2D eigenvalue weighted by Gasteiger charge is 2.47. The summed E-state index contributed by atoms with van der Waals surface area (Å²) in [7, 11) is 3.22. The highest BCUT2D eigenvalue weighted by Crippen LogP contribution is 2.47. The second-order valence-corrected chi connectivity index (χ2v) is 8.20. The lowest BCUT2D eigenvalue weighted by molar-refractivity contribution is -0.145. The average Bonchev–Trinajstić information content (AvgIpc) is 3.29. The predicted octanol–water partition coefficient (Wildman–Crippen LogP) is 3.36. The Morgan fingerprint density at radius 1 is 1.21 bits per heavy atom. The van der Waals surface area contributed by atoms with Gasteiger partial charge in [-0.15, -0.1) is 0 Å². The van der Waals surface area contributed by atoms with Crippen molar-refractivity contribution in [2.45, 2.75) is 56.9 Å². The van der Waals surface area contributed by atoms with Crippen LogP contribution in [0.2, 0.25) is 0 Å². The lowest BCUT2D eigenvalue weighted by Gasteiger charge is -2.30. The summed E-state index contributed by atoms with van der Waals surface area (Å²) >= 11 is 0. The fourth-order valence-electron chi connectivity index (χ4n) is 4.52. The highest BCUT2D eigenvalue weighted by molar-refractivity contribution is 5.84. The Balaban J connectivity index is 1.62. The van der Waals surface area contributed by atoms with E-state index in [1.165, 1.54) is 5.56 Å². The second kappa shape index (κ2) is 8.95. The second-order valence-electron chi connectivity index (χ2n) is 8.20. The van der Waals surface area contributed by atoms with E-state index < -0.39 is 17.3 Å². The molecule has 28 heavy (non-hydrogen) atoms. The minimum Gasteiger partial charge on any atom is -0.497 e. The molecule has 0 bridgehead atoms. The lowest BCUT2D eigenvalue weighted by atomic mass is 9.76. The van der Waals surface area contributed by atoms with Gasteiger partial charge in [-0.05, 0) is 49.8 Å². The van der Waals surface area contributed by atoms with Crippen molar-refractivity contribution < 1.29 is 24.2 Å². The molecule has 0 saturated heterocycles. The predicted molar refractivity (Wildman–Crippen MR) is 105 cm³/mol. The first kappa shape index (κ1) is 20.6. The summed E-state index contributed by atoms with van der Waals surface area (Å²) in [6, 6.07) is 8.12. The van der Waals surface area contributed by atoms with Gasteiger partial charge in [0.1, 0.15) is 5.75 Å². The summed E-state index contributed by atoms with van der Waals surface area (Å²) in [5.41, 5.74) is 0.652. The van der Waals surface area contributed by atoms with Gasteiger partial charge < -0.3 is 19.9 Å². The zero-order valence-corrected chi connectivity index (χ0v) is 16.8. The average molecular weight is 389 g/mol. The molecule has 1 aromatic carbocycles. The van der Waals surface area contributed by atoms with Gasteiger partial charge >= 0.3 is 5.97 Å². The number of carboxylic acids is 1. The van der Waals surface area contributed by atoms with Crippen LogP contribution in [0.15, 0.2) is 24.3 Å². The Bertz CT molecular complexity index is 681. The molecule has 0 heterocycles. The van der Waals surface area contributed by atoms with Crippen molar-refractivity contribution in [1.29, 1.82) is 0 Å². The van der Waals surface area contributed by atoms with Crippen molar-refractivity contribution >= 4 is 11.9 Å². The van der Waals surface area contributed by atoms with E-state index in [4.69, 9.17) is 9.47 Å². The SMILES string of the molecule is COCCC(CC1(C(=O)N[C@@H]2C[C@H]2c2ccc(OC)cc2)CCCC1)C(=O)O. The third-order valence-corrected chi connectivity index (χ3v) is 6.35.